The fraction of sp³-hybridized carbons (Fsp3) is 0.261. The molecule has 1 N–H and O–H groups in total. The number of ketones is 1. The van der Waals surface area contributed by atoms with Gasteiger partial charge in [0.15, 0.2) is 17.3 Å². The van der Waals surface area contributed by atoms with Gasteiger partial charge in [-0.3, -0.25) is 4.79 Å². The second kappa shape index (κ2) is 7.33. The number of hydrogen-bond donors (Lipinski definition) is 1. The Morgan fingerprint density at radius 3 is 2.57 bits per heavy atom. The normalized spacial score (nSPS) is 20.3. The van der Waals surface area contributed by atoms with Crippen LogP contribution in [0.15, 0.2) is 66.1 Å². The highest BCUT2D eigenvalue weighted by Gasteiger charge is 2.39. The molecule has 0 spiro atoms. The third-order valence-corrected chi connectivity index (χ3v) is 5.86. The smallest absolute Gasteiger partial charge is 0.226 e. The molecule has 1 aliphatic heterocycles. The van der Waals surface area contributed by atoms with Gasteiger partial charge in [0.1, 0.15) is 12.4 Å². The summed E-state index contributed by atoms with van der Waals surface area (Å²) in [5, 5.41) is 7.75. The van der Waals surface area contributed by atoms with Crippen LogP contribution in [0.3, 0.4) is 0 Å². The van der Waals surface area contributed by atoms with Crippen LogP contribution in [-0.2, 0) is 4.79 Å². The Morgan fingerprint density at radius 2 is 1.80 bits per heavy atom. The summed E-state index contributed by atoms with van der Waals surface area (Å²) in [7, 11) is 3.21. The first-order valence-corrected chi connectivity index (χ1v) is 9.89. The van der Waals surface area contributed by atoms with Crippen LogP contribution in [0.4, 0.5) is 5.95 Å². The maximum absolute atomic E-state index is 13.4. The van der Waals surface area contributed by atoms with Crippen molar-refractivity contribution in [2.45, 2.75) is 24.8 Å². The molecule has 3 aromatic rings. The van der Waals surface area contributed by atoms with E-state index < -0.39 is 0 Å². The van der Waals surface area contributed by atoms with Gasteiger partial charge in [0, 0.05) is 17.7 Å². The average Bonchev–Trinajstić information content (AvgIpc) is 3.25. The van der Waals surface area contributed by atoms with E-state index in [1.807, 2.05) is 36.4 Å². The Morgan fingerprint density at radius 1 is 1.00 bits per heavy atom. The molecule has 0 saturated heterocycles. The zero-order valence-electron chi connectivity index (χ0n) is 16.8. The number of hydrogen-bond acceptors (Lipinski definition) is 6. The van der Waals surface area contributed by atoms with Crippen LogP contribution in [0.25, 0.3) is 0 Å². The van der Waals surface area contributed by atoms with Crippen molar-refractivity contribution in [3.63, 3.8) is 0 Å². The van der Waals surface area contributed by atoms with Crippen molar-refractivity contribution in [1.29, 1.82) is 0 Å². The third kappa shape index (κ3) is 2.94. The minimum atomic E-state index is -0.359. The summed E-state index contributed by atoms with van der Waals surface area (Å²) < 4.78 is 12.6. The van der Waals surface area contributed by atoms with E-state index in [1.54, 1.807) is 18.9 Å². The molecule has 0 unspecified atom stereocenters. The number of aromatic nitrogens is 3. The SMILES string of the molecule is COc1ccc([C@@H]2C3=C(C[C@@H](c4ccccc4)CC3=O)Nc3ncnn32)cc1OC. The van der Waals surface area contributed by atoms with Crippen LogP contribution in [0, 0.1) is 0 Å². The Kier molecular flexibility index (Phi) is 4.50. The van der Waals surface area contributed by atoms with E-state index in [0.29, 0.717) is 23.9 Å². The predicted molar refractivity (Wildman–Crippen MR) is 112 cm³/mol. The molecule has 30 heavy (non-hydrogen) atoms. The lowest BCUT2D eigenvalue weighted by atomic mass is 9.78. The molecule has 2 heterocycles. The van der Waals surface area contributed by atoms with Crippen molar-refractivity contribution in [2.24, 2.45) is 0 Å². The summed E-state index contributed by atoms with van der Waals surface area (Å²) in [5.41, 5.74) is 3.74. The number of Topliss-reactive ketones (excluding diaryl/α,β-unsaturated/α-hetero) is 1. The van der Waals surface area contributed by atoms with Crippen molar-refractivity contribution in [2.75, 3.05) is 19.5 Å². The molecule has 1 aliphatic carbocycles. The van der Waals surface area contributed by atoms with Crippen LogP contribution < -0.4 is 14.8 Å². The molecule has 2 atom stereocenters. The molecule has 2 aliphatic rings. The number of allylic oxidation sites excluding steroid dienone is 2. The lowest BCUT2D eigenvalue weighted by molar-refractivity contribution is -0.116. The average molecular weight is 402 g/mol. The van der Waals surface area contributed by atoms with Gasteiger partial charge < -0.3 is 14.8 Å². The summed E-state index contributed by atoms with van der Waals surface area (Å²) in [5.74, 6) is 2.16. The van der Waals surface area contributed by atoms with Crippen LogP contribution in [0.1, 0.15) is 35.9 Å². The monoisotopic (exact) mass is 402 g/mol. The number of methoxy groups -OCH3 is 2. The molecule has 7 nitrogen and oxygen atoms in total. The molecule has 1 aromatic heterocycles. The standard InChI is InChI=1S/C23H22N4O3/c1-29-19-9-8-15(12-20(19)30-2)22-21-17(26-23-24-13-25-27(22)23)10-16(11-18(21)28)14-6-4-3-5-7-14/h3-9,12-13,16,22H,10-11H2,1-2H3,(H,24,25,26)/t16-,22-/m1/s1. The number of fused-ring (bicyclic) bond motifs is 1. The number of carbonyl (C=O) groups excluding carboxylic acids is 1. The molecule has 7 heteroatoms. The fourth-order valence-electron chi connectivity index (χ4n) is 4.44. The highest BCUT2D eigenvalue weighted by molar-refractivity contribution is 6.00. The summed E-state index contributed by atoms with van der Waals surface area (Å²) in [6, 6.07) is 15.5. The van der Waals surface area contributed by atoms with E-state index in [4.69, 9.17) is 9.47 Å². The Hall–Kier alpha value is -3.61. The second-order valence-electron chi connectivity index (χ2n) is 7.50. The lowest BCUT2D eigenvalue weighted by Crippen LogP contribution is -2.33. The number of nitrogens with one attached hydrogen (secondary N) is 1. The van der Waals surface area contributed by atoms with Gasteiger partial charge in [-0.1, -0.05) is 36.4 Å². The molecule has 5 rings (SSSR count). The van der Waals surface area contributed by atoms with Gasteiger partial charge in [-0.05, 0) is 35.6 Å². The second-order valence-corrected chi connectivity index (χ2v) is 7.50. The molecule has 0 amide bonds. The maximum Gasteiger partial charge on any atom is 0.226 e. The largest absolute Gasteiger partial charge is 0.493 e. The minimum Gasteiger partial charge on any atom is -0.493 e. The van der Waals surface area contributed by atoms with Crippen molar-refractivity contribution in [3.05, 3.63) is 77.3 Å². The Bertz CT molecular complexity index is 1140. The van der Waals surface area contributed by atoms with Crippen LogP contribution in [0.2, 0.25) is 0 Å². The van der Waals surface area contributed by atoms with Gasteiger partial charge in [-0.25, -0.2) is 4.68 Å². The third-order valence-electron chi connectivity index (χ3n) is 5.86. The number of ether oxygens (including phenoxy) is 2. The van der Waals surface area contributed by atoms with E-state index in [-0.39, 0.29) is 17.7 Å². The van der Waals surface area contributed by atoms with Crippen molar-refractivity contribution >= 4 is 11.7 Å². The quantitative estimate of drug-likeness (QED) is 0.717. The molecule has 152 valence electrons. The van der Waals surface area contributed by atoms with Crippen molar-refractivity contribution < 1.29 is 14.3 Å². The van der Waals surface area contributed by atoms with Gasteiger partial charge in [0.25, 0.3) is 0 Å². The molecule has 2 aromatic carbocycles. The molecule has 0 bridgehead atoms. The molecular formula is C23H22N4O3. The van der Waals surface area contributed by atoms with Gasteiger partial charge in [0.2, 0.25) is 5.95 Å². The summed E-state index contributed by atoms with van der Waals surface area (Å²) in [6.07, 6.45) is 2.73. The van der Waals surface area contributed by atoms with Gasteiger partial charge >= 0.3 is 0 Å². The van der Waals surface area contributed by atoms with Gasteiger partial charge in [0.05, 0.1) is 14.2 Å². The number of anilines is 1. The van der Waals surface area contributed by atoms with Crippen LogP contribution >= 0.6 is 0 Å². The number of nitrogens with zero attached hydrogens (tertiary/aromatic N) is 3. The molecule has 0 radical (unpaired) electrons. The Labute approximate surface area is 174 Å². The summed E-state index contributed by atoms with van der Waals surface area (Å²) in [4.78, 5) is 17.8. The zero-order chi connectivity index (χ0) is 20.7. The number of benzene rings is 2. The lowest BCUT2D eigenvalue weighted by Gasteiger charge is -2.35. The summed E-state index contributed by atoms with van der Waals surface area (Å²) >= 11 is 0. The van der Waals surface area contributed by atoms with Crippen LogP contribution in [0.5, 0.6) is 11.5 Å². The highest BCUT2D eigenvalue weighted by Crippen LogP contribution is 2.44. The van der Waals surface area contributed by atoms with E-state index in [0.717, 1.165) is 23.3 Å². The van der Waals surface area contributed by atoms with Crippen molar-refractivity contribution in [3.8, 4) is 11.5 Å². The van der Waals surface area contributed by atoms with E-state index in [2.05, 4.69) is 27.5 Å². The molecule has 0 fully saturated rings. The fourth-order valence-corrected chi connectivity index (χ4v) is 4.44. The van der Waals surface area contributed by atoms with E-state index >= 15 is 0 Å². The van der Waals surface area contributed by atoms with Crippen molar-refractivity contribution in [1.82, 2.24) is 14.8 Å². The first-order chi connectivity index (χ1) is 14.7. The van der Waals surface area contributed by atoms with E-state index in [1.165, 1.54) is 11.9 Å². The molecule has 0 saturated carbocycles. The predicted octanol–water partition coefficient (Wildman–Crippen LogP) is 3.71. The van der Waals surface area contributed by atoms with Gasteiger partial charge in [-0.15, -0.1) is 0 Å². The topological polar surface area (TPSA) is 78.3 Å². The first kappa shape index (κ1) is 18.4. The molecular weight excluding hydrogens is 380 g/mol. The minimum absolute atomic E-state index is 0.124. The summed E-state index contributed by atoms with van der Waals surface area (Å²) in [6.45, 7) is 0. The Balaban J connectivity index is 1.61. The zero-order valence-corrected chi connectivity index (χ0v) is 16.8. The highest BCUT2D eigenvalue weighted by atomic mass is 16.5. The first-order valence-electron chi connectivity index (χ1n) is 9.89. The number of rotatable bonds is 4. The van der Waals surface area contributed by atoms with Crippen LogP contribution in [-0.4, -0.2) is 34.8 Å². The van der Waals surface area contributed by atoms with E-state index in [9.17, 15) is 4.79 Å². The number of carbonyl (C=O) groups is 1. The maximum atomic E-state index is 13.4. The van der Waals surface area contributed by atoms with Gasteiger partial charge in [-0.2, -0.15) is 10.1 Å².